The second kappa shape index (κ2) is 3.24. The van der Waals surface area contributed by atoms with Gasteiger partial charge in [-0.05, 0) is 6.26 Å². The average Bonchev–Trinajstić information content (AvgIpc) is 2.59. The highest BCUT2D eigenvalue weighted by atomic mass is 35.5. The van der Waals surface area contributed by atoms with E-state index in [-0.39, 0.29) is 0 Å². The number of nitrogens with zero attached hydrogens (tertiary/aromatic N) is 3. The van der Waals surface area contributed by atoms with Crippen molar-refractivity contribution in [3.8, 4) is 0 Å². The van der Waals surface area contributed by atoms with Gasteiger partial charge in [-0.2, -0.15) is 0 Å². The van der Waals surface area contributed by atoms with E-state index >= 15 is 0 Å². The molecule has 0 aliphatic heterocycles. The molecule has 0 N–H and O–H groups in total. The molecule has 2 aromatic heterocycles. The Morgan fingerprint density at radius 3 is 3.17 bits per heavy atom. The van der Waals surface area contributed by atoms with Crippen LogP contribution in [0.2, 0.25) is 0 Å². The van der Waals surface area contributed by atoms with Gasteiger partial charge in [0, 0.05) is 0 Å². The molecule has 64 valence electrons. The number of alkyl halides is 1. The molecule has 0 atom stereocenters. The van der Waals surface area contributed by atoms with Crippen LogP contribution in [0.5, 0.6) is 0 Å². The first kappa shape index (κ1) is 8.34. The molecule has 0 aromatic carbocycles. The Morgan fingerprint density at radius 2 is 2.58 bits per heavy atom. The zero-order valence-electron chi connectivity index (χ0n) is 6.32. The molecule has 0 aliphatic carbocycles. The van der Waals surface area contributed by atoms with E-state index in [4.69, 9.17) is 11.6 Å². The van der Waals surface area contributed by atoms with Crippen LogP contribution in [0.4, 0.5) is 0 Å². The Bertz CT molecular complexity index is 329. The van der Waals surface area contributed by atoms with E-state index in [2.05, 4.69) is 10.1 Å². The standard InChI is InChI=1S/C6H6ClN3S2/c1-11-6-9-10-3-4(2-7)8-5(10)12-6/h3H,2H2,1H3. The van der Waals surface area contributed by atoms with Crippen LogP contribution >= 0.6 is 34.7 Å². The van der Waals surface area contributed by atoms with E-state index in [0.29, 0.717) is 5.88 Å². The van der Waals surface area contributed by atoms with Crippen LogP contribution in [0.25, 0.3) is 4.96 Å². The molecule has 6 heteroatoms. The normalized spacial score (nSPS) is 11.2. The van der Waals surface area contributed by atoms with Crippen LogP contribution in [0, 0.1) is 0 Å². The van der Waals surface area contributed by atoms with Gasteiger partial charge in [0.05, 0.1) is 17.8 Å². The molecule has 0 amide bonds. The molecule has 0 spiro atoms. The maximum absolute atomic E-state index is 5.62. The van der Waals surface area contributed by atoms with Crippen molar-refractivity contribution in [3.05, 3.63) is 11.9 Å². The second-order valence-corrected chi connectivity index (χ2v) is 4.44. The van der Waals surface area contributed by atoms with Crippen molar-refractivity contribution in [1.82, 2.24) is 14.6 Å². The molecule has 0 saturated carbocycles. The number of rotatable bonds is 2. The van der Waals surface area contributed by atoms with E-state index in [1.807, 2.05) is 12.5 Å². The Balaban J connectivity index is 2.52. The molecule has 0 aliphatic rings. The lowest BCUT2D eigenvalue weighted by Crippen LogP contribution is -1.79. The molecule has 2 heterocycles. The van der Waals surface area contributed by atoms with Crippen molar-refractivity contribution in [1.29, 1.82) is 0 Å². The summed E-state index contributed by atoms with van der Waals surface area (Å²) in [6.07, 6.45) is 3.86. The van der Waals surface area contributed by atoms with Crippen molar-refractivity contribution in [2.75, 3.05) is 6.26 Å². The maximum Gasteiger partial charge on any atom is 0.213 e. The van der Waals surface area contributed by atoms with Crippen molar-refractivity contribution in [2.24, 2.45) is 0 Å². The van der Waals surface area contributed by atoms with Crippen LogP contribution in [-0.4, -0.2) is 20.9 Å². The molecule has 0 bridgehead atoms. The molecule has 0 radical (unpaired) electrons. The minimum atomic E-state index is 0.449. The van der Waals surface area contributed by atoms with Gasteiger partial charge in [0.25, 0.3) is 0 Å². The average molecular weight is 220 g/mol. The highest BCUT2D eigenvalue weighted by molar-refractivity contribution is 8.00. The topological polar surface area (TPSA) is 30.2 Å². The summed E-state index contributed by atoms with van der Waals surface area (Å²) in [7, 11) is 0. The van der Waals surface area contributed by atoms with Gasteiger partial charge in [0.15, 0.2) is 4.34 Å². The molecule has 2 rings (SSSR count). The van der Waals surface area contributed by atoms with Crippen LogP contribution < -0.4 is 0 Å². The van der Waals surface area contributed by atoms with Crippen LogP contribution in [0.3, 0.4) is 0 Å². The zero-order valence-corrected chi connectivity index (χ0v) is 8.71. The number of hydrogen-bond donors (Lipinski definition) is 0. The quantitative estimate of drug-likeness (QED) is 0.573. The first-order chi connectivity index (χ1) is 5.83. The molecule has 0 unspecified atom stereocenters. The number of hydrogen-bond acceptors (Lipinski definition) is 4. The highest BCUT2D eigenvalue weighted by Crippen LogP contribution is 2.22. The van der Waals surface area contributed by atoms with Gasteiger partial charge < -0.3 is 0 Å². The van der Waals surface area contributed by atoms with Crippen LogP contribution in [-0.2, 0) is 5.88 Å². The van der Waals surface area contributed by atoms with Crippen molar-refractivity contribution in [3.63, 3.8) is 0 Å². The first-order valence-electron chi connectivity index (χ1n) is 3.28. The lowest BCUT2D eigenvalue weighted by Gasteiger charge is -1.81. The lowest BCUT2D eigenvalue weighted by atomic mass is 10.6. The summed E-state index contributed by atoms with van der Waals surface area (Å²) in [5.74, 6) is 0.449. The minimum absolute atomic E-state index is 0.449. The van der Waals surface area contributed by atoms with Gasteiger partial charge in [-0.3, -0.25) is 0 Å². The van der Waals surface area contributed by atoms with Gasteiger partial charge in [0.1, 0.15) is 0 Å². The fourth-order valence-electron chi connectivity index (χ4n) is 0.874. The summed E-state index contributed by atoms with van der Waals surface area (Å²) in [6.45, 7) is 0. The van der Waals surface area contributed by atoms with Crippen molar-refractivity contribution in [2.45, 2.75) is 10.2 Å². The second-order valence-electron chi connectivity index (χ2n) is 2.17. The number of aromatic nitrogens is 3. The molecule has 0 fully saturated rings. The predicted molar refractivity (Wildman–Crippen MR) is 52.2 cm³/mol. The Labute approximate surface area is 82.8 Å². The molecule has 12 heavy (non-hydrogen) atoms. The Kier molecular flexibility index (Phi) is 2.25. The smallest absolute Gasteiger partial charge is 0.213 e. The summed E-state index contributed by atoms with van der Waals surface area (Å²) in [6, 6.07) is 0. The third-order valence-electron chi connectivity index (χ3n) is 1.39. The first-order valence-corrected chi connectivity index (χ1v) is 5.86. The molecule has 0 saturated heterocycles. The van der Waals surface area contributed by atoms with E-state index in [1.54, 1.807) is 27.6 Å². The third kappa shape index (κ3) is 1.32. The highest BCUT2D eigenvalue weighted by Gasteiger charge is 2.05. The lowest BCUT2D eigenvalue weighted by molar-refractivity contribution is 0.913. The summed E-state index contributed by atoms with van der Waals surface area (Å²) in [4.78, 5) is 5.19. The van der Waals surface area contributed by atoms with E-state index in [9.17, 15) is 0 Å². The molecule has 3 nitrogen and oxygen atoms in total. The fraction of sp³-hybridized carbons (Fsp3) is 0.333. The van der Waals surface area contributed by atoms with E-state index in [1.165, 1.54) is 0 Å². The third-order valence-corrected chi connectivity index (χ3v) is 3.56. The summed E-state index contributed by atoms with van der Waals surface area (Å²) in [5.41, 5.74) is 0.878. The van der Waals surface area contributed by atoms with Crippen LogP contribution in [0.15, 0.2) is 10.5 Å². The van der Waals surface area contributed by atoms with Crippen molar-refractivity contribution < 1.29 is 0 Å². The molecule has 2 aromatic rings. The number of fused-ring (bicyclic) bond motifs is 1. The Hall–Kier alpha value is -0.260. The van der Waals surface area contributed by atoms with E-state index < -0.39 is 0 Å². The minimum Gasteiger partial charge on any atom is -0.221 e. The van der Waals surface area contributed by atoms with Gasteiger partial charge in [-0.15, -0.1) is 16.7 Å². The number of thioether (sulfide) groups is 1. The SMILES string of the molecule is CSc1nn2cc(CCl)nc2s1. The van der Waals surface area contributed by atoms with Gasteiger partial charge >= 0.3 is 0 Å². The monoisotopic (exact) mass is 219 g/mol. The summed E-state index contributed by atoms with van der Waals surface area (Å²) in [5, 5.41) is 4.28. The summed E-state index contributed by atoms with van der Waals surface area (Å²) >= 11 is 8.83. The van der Waals surface area contributed by atoms with Crippen LogP contribution in [0.1, 0.15) is 5.69 Å². The number of halogens is 1. The predicted octanol–water partition coefficient (Wildman–Crippen LogP) is 2.25. The molecular weight excluding hydrogens is 214 g/mol. The zero-order chi connectivity index (χ0) is 8.55. The number of imidazole rings is 1. The van der Waals surface area contributed by atoms with Crippen molar-refractivity contribution >= 4 is 39.7 Å². The van der Waals surface area contributed by atoms with E-state index in [0.717, 1.165) is 15.0 Å². The van der Waals surface area contributed by atoms with Gasteiger partial charge in [-0.25, -0.2) is 9.50 Å². The van der Waals surface area contributed by atoms with Gasteiger partial charge in [0.2, 0.25) is 4.96 Å². The largest absolute Gasteiger partial charge is 0.221 e. The maximum atomic E-state index is 5.62. The fourth-order valence-corrected chi connectivity index (χ4v) is 2.36. The van der Waals surface area contributed by atoms with Gasteiger partial charge in [-0.1, -0.05) is 23.1 Å². The molecular formula is C6H6ClN3S2. The summed E-state index contributed by atoms with van der Waals surface area (Å²) < 4.78 is 2.80. The Morgan fingerprint density at radius 1 is 1.75 bits per heavy atom.